The van der Waals surface area contributed by atoms with E-state index < -0.39 is 0 Å². The Morgan fingerprint density at radius 2 is 1.80 bits per heavy atom. The molecule has 0 aliphatic carbocycles. The zero-order valence-corrected chi connectivity index (χ0v) is 15.9. The van der Waals surface area contributed by atoms with Crippen LogP contribution in [0.3, 0.4) is 0 Å². The fourth-order valence-corrected chi connectivity index (χ4v) is 3.56. The van der Waals surface area contributed by atoms with Crippen LogP contribution in [0.15, 0.2) is 42.5 Å². The molecule has 1 amide bonds. The van der Waals surface area contributed by atoms with Gasteiger partial charge in [0.2, 0.25) is 0 Å². The van der Waals surface area contributed by atoms with Gasteiger partial charge in [-0.15, -0.1) is 12.4 Å². The van der Waals surface area contributed by atoms with Crippen LogP contribution >= 0.6 is 12.4 Å². The standard InChI is InChI=1S/C20H27N3O.ClH/c1-21-13-10-16-11-14-23(15-12-16)20(24)19-9-8-18(22(19)2)17-6-4-3-5-7-17;/h3-9,16,21H,10-15H2,1-2H3;1H. The van der Waals surface area contributed by atoms with Crippen LogP contribution in [-0.4, -0.2) is 42.1 Å². The number of hydrogen-bond acceptors (Lipinski definition) is 2. The predicted octanol–water partition coefficient (Wildman–Crippen LogP) is 3.58. The predicted molar refractivity (Wildman–Crippen MR) is 105 cm³/mol. The topological polar surface area (TPSA) is 37.3 Å². The molecule has 0 spiro atoms. The van der Waals surface area contributed by atoms with Gasteiger partial charge in [0.15, 0.2) is 0 Å². The largest absolute Gasteiger partial charge is 0.340 e. The van der Waals surface area contributed by atoms with Crippen molar-refractivity contribution in [3.8, 4) is 11.3 Å². The van der Waals surface area contributed by atoms with Gasteiger partial charge >= 0.3 is 0 Å². The first-order chi connectivity index (χ1) is 11.7. The average Bonchev–Trinajstić information content (AvgIpc) is 3.02. The fourth-order valence-electron chi connectivity index (χ4n) is 3.56. The highest BCUT2D eigenvalue weighted by Crippen LogP contribution is 2.25. The van der Waals surface area contributed by atoms with E-state index in [1.54, 1.807) is 0 Å². The van der Waals surface area contributed by atoms with E-state index in [2.05, 4.69) is 17.4 Å². The van der Waals surface area contributed by atoms with Gasteiger partial charge in [0.25, 0.3) is 5.91 Å². The Morgan fingerprint density at radius 3 is 2.44 bits per heavy atom. The number of aromatic nitrogens is 1. The summed E-state index contributed by atoms with van der Waals surface area (Å²) in [5, 5.41) is 3.22. The van der Waals surface area contributed by atoms with E-state index in [0.29, 0.717) is 0 Å². The van der Waals surface area contributed by atoms with Gasteiger partial charge in [-0.2, -0.15) is 0 Å². The number of piperidine rings is 1. The molecule has 5 heteroatoms. The molecule has 25 heavy (non-hydrogen) atoms. The second-order valence-corrected chi connectivity index (χ2v) is 6.66. The molecule has 1 aromatic carbocycles. The van der Waals surface area contributed by atoms with Crippen molar-refractivity contribution >= 4 is 18.3 Å². The van der Waals surface area contributed by atoms with E-state index in [4.69, 9.17) is 0 Å². The lowest BCUT2D eigenvalue weighted by atomic mass is 9.93. The first-order valence-electron chi connectivity index (χ1n) is 8.85. The molecule has 0 radical (unpaired) electrons. The van der Waals surface area contributed by atoms with Crippen molar-refractivity contribution in [2.24, 2.45) is 13.0 Å². The van der Waals surface area contributed by atoms with Gasteiger partial charge in [0.1, 0.15) is 5.69 Å². The van der Waals surface area contributed by atoms with Gasteiger partial charge in [-0.3, -0.25) is 4.79 Å². The third-order valence-corrected chi connectivity index (χ3v) is 5.11. The Kier molecular flexibility index (Phi) is 7.09. The summed E-state index contributed by atoms with van der Waals surface area (Å²) in [7, 11) is 3.98. The van der Waals surface area contributed by atoms with Crippen LogP contribution in [-0.2, 0) is 7.05 Å². The van der Waals surface area contributed by atoms with Crippen molar-refractivity contribution in [3.05, 3.63) is 48.2 Å². The molecule has 2 aromatic rings. The lowest BCUT2D eigenvalue weighted by Crippen LogP contribution is -2.39. The van der Waals surface area contributed by atoms with E-state index in [-0.39, 0.29) is 18.3 Å². The highest BCUT2D eigenvalue weighted by Gasteiger charge is 2.25. The minimum Gasteiger partial charge on any atom is -0.340 e. The Balaban J connectivity index is 0.00000225. The molecule has 1 fully saturated rings. The summed E-state index contributed by atoms with van der Waals surface area (Å²) in [5.41, 5.74) is 3.01. The number of rotatable bonds is 5. The van der Waals surface area contributed by atoms with Crippen molar-refractivity contribution in [1.29, 1.82) is 0 Å². The Hall–Kier alpha value is -1.78. The number of hydrogen-bond donors (Lipinski definition) is 1. The van der Waals surface area contributed by atoms with Crippen LogP contribution in [0.4, 0.5) is 0 Å². The molecule has 3 rings (SSSR count). The number of amides is 1. The maximum absolute atomic E-state index is 12.9. The van der Waals surface area contributed by atoms with Gasteiger partial charge in [-0.05, 0) is 56.5 Å². The summed E-state index contributed by atoms with van der Waals surface area (Å²) in [6.45, 7) is 2.81. The van der Waals surface area contributed by atoms with Crippen molar-refractivity contribution in [2.45, 2.75) is 19.3 Å². The molecule has 1 aliphatic rings. The molecule has 1 N–H and O–H groups in total. The minimum atomic E-state index is 0. The van der Waals surface area contributed by atoms with Crippen molar-refractivity contribution in [1.82, 2.24) is 14.8 Å². The quantitative estimate of drug-likeness (QED) is 0.883. The summed E-state index contributed by atoms with van der Waals surface area (Å²) in [5.74, 6) is 0.904. The van der Waals surface area contributed by atoms with Crippen LogP contribution in [0.5, 0.6) is 0 Å². The molecular weight excluding hydrogens is 334 g/mol. The van der Waals surface area contributed by atoms with Gasteiger partial charge in [0, 0.05) is 25.8 Å². The van der Waals surface area contributed by atoms with Crippen molar-refractivity contribution < 1.29 is 4.79 Å². The highest BCUT2D eigenvalue weighted by molar-refractivity contribution is 5.94. The molecule has 4 nitrogen and oxygen atoms in total. The third kappa shape index (κ3) is 4.44. The second-order valence-electron chi connectivity index (χ2n) is 6.66. The Morgan fingerprint density at radius 1 is 1.12 bits per heavy atom. The molecule has 0 atom stereocenters. The average molecular weight is 362 g/mol. The second kappa shape index (κ2) is 9.07. The number of likely N-dealkylation sites (tertiary alicyclic amines) is 1. The normalized spacial score (nSPS) is 15.0. The molecule has 1 aromatic heterocycles. The highest BCUT2D eigenvalue weighted by atomic mass is 35.5. The molecule has 136 valence electrons. The number of benzene rings is 1. The van der Waals surface area contributed by atoms with E-state index in [1.165, 1.54) is 6.42 Å². The van der Waals surface area contributed by atoms with E-state index in [9.17, 15) is 4.79 Å². The van der Waals surface area contributed by atoms with Crippen LogP contribution in [0.2, 0.25) is 0 Å². The van der Waals surface area contributed by atoms with Gasteiger partial charge in [0.05, 0.1) is 0 Å². The van der Waals surface area contributed by atoms with Crippen LogP contribution in [0.25, 0.3) is 11.3 Å². The zero-order chi connectivity index (χ0) is 16.9. The summed E-state index contributed by atoms with van der Waals surface area (Å²) in [6, 6.07) is 14.2. The molecular formula is C20H28ClN3O. The number of carbonyl (C=O) groups is 1. The van der Waals surface area contributed by atoms with Crippen LogP contribution in [0, 0.1) is 5.92 Å². The van der Waals surface area contributed by atoms with E-state index in [0.717, 1.165) is 55.3 Å². The summed E-state index contributed by atoms with van der Waals surface area (Å²) >= 11 is 0. The molecule has 0 bridgehead atoms. The first-order valence-corrected chi connectivity index (χ1v) is 8.85. The minimum absolute atomic E-state index is 0. The molecule has 0 saturated carbocycles. The van der Waals surface area contributed by atoms with Gasteiger partial charge in [-0.1, -0.05) is 30.3 Å². The van der Waals surface area contributed by atoms with E-state index >= 15 is 0 Å². The third-order valence-electron chi connectivity index (χ3n) is 5.11. The van der Waals surface area contributed by atoms with Crippen LogP contribution in [0.1, 0.15) is 29.8 Å². The van der Waals surface area contributed by atoms with Crippen LogP contribution < -0.4 is 5.32 Å². The number of nitrogens with zero attached hydrogens (tertiary/aromatic N) is 2. The Labute approximate surface area is 156 Å². The summed E-state index contributed by atoms with van der Waals surface area (Å²) < 4.78 is 2.02. The smallest absolute Gasteiger partial charge is 0.270 e. The molecule has 2 heterocycles. The maximum Gasteiger partial charge on any atom is 0.270 e. The zero-order valence-electron chi connectivity index (χ0n) is 15.1. The van der Waals surface area contributed by atoms with Crippen molar-refractivity contribution in [2.75, 3.05) is 26.7 Å². The van der Waals surface area contributed by atoms with E-state index in [1.807, 2.05) is 53.9 Å². The first kappa shape index (κ1) is 19.5. The number of carbonyl (C=O) groups excluding carboxylic acids is 1. The van der Waals surface area contributed by atoms with Gasteiger partial charge in [-0.25, -0.2) is 0 Å². The molecule has 0 unspecified atom stereocenters. The number of nitrogens with one attached hydrogen (secondary N) is 1. The van der Waals surface area contributed by atoms with Gasteiger partial charge < -0.3 is 14.8 Å². The monoisotopic (exact) mass is 361 g/mol. The SMILES string of the molecule is CNCCC1CCN(C(=O)c2ccc(-c3ccccc3)n2C)CC1.Cl. The maximum atomic E-state index is 12.9. The van der Waals surface area contributed by atoms with Crippen molar-refractivity contribution in [3.63, 3.8) is 0 Å². The molecule has 1 aliphatic heterocycles. The molecule has 1 saturated heterocycles. The fraction of sp³-hybridized carbons (Fsp3) is 0.450. The number of halogens is 1. The lowest BCUT2D eigenvalue weighted by molar-refractivity contribution is 0.0677. The summed E-state index contributed by atoms with van der Waals surface area (Å²) in [4.78, 5) is 14.9. The lowest BCUT2D eigenvalue weighted by Gasteiger charge is -2.32. The summed E-state index contributed by atoms with van der Waals surface area (Å²) in [6.07, 6.45) is 3.44. The Bertz CT molecular complexity index is 676.